The maximum atomic E-state index is 12.7. The largest absolute Gasteiger partial charge is 0.394 e. The zero-order valence-electron chi connectivity index (χ0n) is 40.7. The van der Waals surface area contributed by atoms with Gasteiger partial charge in [0.15, 0.2) is 18.9 Å². The van der Waals surface area contributed by atoms with Crippen molar-refractivity contribution in [3.05, 3.63) is 11.6 Å². The summed E-state index contributed by atoms with van der Waals surface area (Å²) in [7, 11) is 0. The van der Waals surface area contributed by atoms with Crippen LogP contribution in [-0.2, 0) is 28.4 Å². The molecule has 67 heavy (non-hydrogen) atoms. The number of unbranched alkanes of at least 4 members (excludes halogenated alkanes) is 1. The molecule has 388 valence electrons. The molecule has 4 aliphatic carbocycles. The van der Waals surface area contributed by atoms with Gasteiger partial charge in [0.1, 0.15) is 73.2 Å². The minimum absolute atomic E-state index is 0.0915. The Kier molecular flexibility index (Phi) is 16.2. The van der Waals surface area contributed by atoms with Crippen molar-refractivity contribution in [3.63, 3.8) is 0 Å². The van der Waals surface area contributed by atoms with E-state index in [0.29, 0.717) is 19.3 Å². The molecule has 0 aromatic rings. The molecule has 25 atom stereocenters. The molecule has 7 aliphatic rings. The van der Waals surface area contributed by atoms with E-state index in [-0.39, 0.29) is 39.9 Å². The van der Waals surface area contributed by atoms with E-state index in [2.05, 4.69) is 54.5 Å². The molecule has 25 unspecified atom stereocenters. The van der Waals surface area contributed by atoms with Gasteiger partial charge in [0.05, 0.1) is 37.6 Å². The van der Waals surface area contributed by atoms with Gasteiger partial charge in [-0.05, 0) is 130 Å². The zero-order chi connectivity index (χ0) is 49.3. The van der Waals surface area contributed by atoms with E-state index < -0.39 is 135 Å². The molecule has 4 saturated carbocycles. The SMILES string of the molecule is CC(C)=CCCCC(C)(OC1OC(CO)C(O)C(O)C1O)C1CCC2(C)C1C(O)CC1C3(C)CCC(OC4OC(CO)C(O)C(O)C4OC4OC(CO)C(O)C(O)C4O)C(C)(C)C3CCC12C. The van der Waals surface area contributed by atoms with Crippen LogP contribution in [0.5, 0.6) is 0 Å². The van der Waals surface area contributed by atoms with Crippen LogP contribution in [0.25, 0.3) is 0 Å². The van der Waals surface area contributed by atoms with Crippen molar-refractivity contribution in [2.24, 2.45) is 45.3 Å². The number of fused-ring (bicyclic) bond motifs is 5. The van der Waals surface area contributed by atoms with Gasteiger partial charge in [-0.3, -0.25) is 0 Å². The van der Waals surface area contributed by atoms with Gasteiger partial charge in [-0.25, -0.2) is 0 Å². The minimum Gasteiger partial charge on any atom is -0.394 e. The molecule has 3 aliphatic heterocycles. The lowest BCUT2D eigenvalue weighted by atomic mass is 9.35. The summed E-state index contributed by atoms with van der Waals surface area (Å²) in [4.78, 5) is 0. The molecule has 18 heteroatoms. The highest BCUT2D eigenvalue weighted by Gasteiger charge is 2.72. The number of hydrogen-bond acceptors (Lipinski definition) is 18. The van der Waals surface area contributed by atoms with Crippen LogP contribution in [0.1, 0.15) is 120 Å². The van der Waals surface area contributed by atoms with Gasteiger partial charge in [-0.1, -0.05) is 46.3 Å². The van der Waals surface area contributed by atoms with Crippen LogP contribution in [0.4, 0.5) is 0 Å². The molecule has 0 aromatic heterocycles. The summed E-state index contributed by atoms with van der Waals surface area (Å²) in [5.74, 6) is -0.132. The van der Waals surface area contributed by atoms with Crippen LogP contribution in [0.15, 0.2) is 11.6 Å². The molecule has 7 fully saturated rings. The zero-order valence-corrected chi connectivity index (χ0v) is 40.7. The lowest BCUT2D eigenvalue weighted by Gasteiger charge is -2.71. The fraction of sp³-hybridized carbons (Fsp3) is 0.959. The number of rotatable bonds is 14. The lowest BCUT2D eigenvalue weighted by molar-refractivity contribution is -0.378. The summed E-state index contributed by atoms with van der Waals surface area (Å²) >= 11 is 0. The number of aliphatic hydroxyl groups excluding tert-OH is 12. The van der Waals surface area contributed by atoms with Crippen LogP contribution in [0, 0.1) is 45.3 Å². The van der Waals surface area contributed by atoms with Crippen molar-refractivity contribution >= 4 is 0 Å². The molecule has 7 rings (SSSR count). The van der Waals surface area contributed by atoms with Crippen LogP contribution in [0.3, 0.4) is 0 Å². The van der Waals surface area contributed by atoms with Gasteiger partial charge >= 0.3 is 0 Å². The summed E-state index contributed by atoms with van der Waals surface area (Å²) in [5.41, 5.74) is -1.04. The van der Waals surface area contributed by atoms with Crippen molar-refractivity contribution in [3.8, 4) is 0 Å². The first-order chi connectivity index (χ1) is 31.3. The van der Waals surface area contributed by atoms with E-state index in [1.807, 2.05) is 6.92 Å². The van der Waals surface area contributed by atoms with Gasteiger partial charge in [-0.15, -0.1) is 0 Å². The molecular formula is C49H84O18. The second-order valence-electron chi connectivity index (χ2n) is 23.2. The van der Waals surface area contributed by atoms with E-state index in [0.717, 1.165) is 44.9 Å². The van der Waals surface area contributed by atoms with Crippen LogP contribution < -0.4 is 0 Å². The fourth-order valence-electron chi connectivity index (χ4n) is 15.1. The molecule has 3 saturated heterocycles. The number of hydrogen-bond donors (Lipinski definition) is 12. The smallest absolute Gasteiger partial charge is 0.187 e. The Hall–Kier alpha value is -0.980. The second kappa shape index (κ2) is 20.1. The molecule has 0 aromatic carbocycles. The predicted molar refractivity (Wildman–Crippen MR) is 238 cm³/mol. The Balaban J connectivity index is 1.13. The Bertz CT molecular complexity index is 1700. The van der Waals surface area contributed by atoms with Crippen molar-refractivity contribution in [1.29, 1.82) is 0 Å². The van der Waals surface area contributed by atoms with E-state index >= 15 is 0 Å². The second-order valence-corrected chi connectivity index (χ2v) is 23.2. The third-order valence-electron chi connectivity index (χ3n) is 19.0. The van der Waals surface area contributed by atoms with Gasteiger partial charge in [-0.2, -0.15) is 0 Å². The maximum Gasteiger partial charge on any atom is 0.187 e. The fourth-order valence-corrected chi connectivity index (χ4v) is 15.1. The Morgan fingerprint density at radius 2 is 1.15 bits per heavy atom. The highest BCUT2D eigenvalue weighted by molar-refractivity contribution is 5.20. The summed E-state index contributed by atoms with van der Waals surface area (Å²) in [6, 6.07) is 0. The molecule has 0 spiro atoms. The van der Waals surface area contributed by atoms with Crippen LogP contribution in [-0.4, -0.2) is 191 Å². The average molecular weight is 961 g/mol. The summed E-state index contributed by atoms with van der Waals surface area (Å²) < 4.78 is 37.3. The first-order valence-electron chi connectivity index (χ1n) is 24.9. The van der Waals surface area contributed by atoms with E-state index in [4.69, 9.17) is 28.4 Å². The first kappa shape index (κ1) is 53.8. The predicted octanol–water partition coefficient (Wildman–Crippen LogP) is 0.363. The molecule has 18 nitrogen and oxygen atoms in total. The maximum absolute atomic E-state index is 12.7. The number of allylic oxidation sites excluding steroid dienone is 2. The van der Waals surface area contributed by atoms with Crippen molar-refractivity contribution < 1.29 is 89.7 Å². The Labute approximate surface area is 395 Å². The molecule has 0 bridgehead atoms. The van der Waals surface area contributed by atoms with Gasteiger partial charge in [0, 0.05) is 0 Å². The van der Waals surface area contributed by atoms with E-state index in [1.165, 1.54) is 5.57 Å². The van der Waals surface area contributed by atoms with Gasteiger partial charge < -0.3 is 89.7 Å². The molecule has 0 amide bonds. The number of ether oxygens (including phenoxy) is 6. The molecule has 3 heterocycles. The Morgan fingerprint density at radius 1 is 0.612 bits per heavy atom. The standard InChI is InChI=1S/C49H84O18/c1-23(2)11-9-10-15-49(8,67-43-40(61)37(58)34(55)27(21-51)63-43)24-12-17-48(7)32(24)25(53)19-30-46(5)16-14-31(45(3,4)29(46)13-18-47(30,48)6)65-44-41(38(59)35(56)28(22-52)64-44)66-42-39(60)36(57)33(54)26(20-50)62-42/h11,24-44,50-61H,9-10,12-22H2,1-8H3. The Morgan fingerprint density at radius 3 is 1.73 bits per heavy atom. The topological polar surface area (TPSA) is 298 Å². The third-order valence-corrected chi connectivity index (χ3v) is 19.0. The van der Waals surface area contributed by atoms with Crippen LogP contribution in [0.2, 0.25) is 0 Å². The first-order valence-corrected chi connectivity index (χ1v) is 24.9. The van der Waals surface area contributed by atoms with E-state index in [9.17, 15) is 61.3 Å². The summed E-state index contributed by atoms with van der Waals surface area (Å²) in [5, 5.41) is 129. The lowest BCUT2D eigenvalue weighted by Crippen LogP contribution is -2.68. The van der Waals surface area contributed by atoms with Crippen molar-refractivity contribution in [1.82, 2.24) is 0 Å². The molecule has 12 N–H and O–H groups in total. The average Bonchev–Trinajstić information content (AvgIpc) is 3.67. The quantitative estimate of drug-likeness (QED) is 0.0636. The summed E-state index contributed by atoms with van der Waals surface area (Å²) in [6.07, 6.45) is -14.4. The highest BCUT2D eigenvalue weighted by Crippen LogP contribution is 2.76. The van der Waals surface area contributed by atoms with Crippen molar-refractivity contribution in [2.45, 2.75) is 230 Å². The number of aliphatic hydroxyl groups is 12. The summed E-state index contributed by atoms with van der Waals surface area (Å²) in [6.45, 7) is 15.6. The normalized spacial score (nSPS) is 51.8. The van der Waals surface area contributed by atoms with Crippen LogP contribution >= 0.6 is 0 Å². The van der Waals surface area contributed by atoms with E-state index in [1.54, 1.807) is 0 Å². The molecule has 0 radical (unpaired) electrons. The van der Waals surface area contributed by atoms with Gasteiger partial charge in [0.25, 0.3) is 0 Å². The van der Waals surface area contributed by atoms with Gasteiger partial charge in [0.2, 0.25) is 0 Å². The van der Waals surface area contributed by atoms with Crippen molar-refractivity contribution in [2.75, 3.05) is 19.8 Å². The monoisotopic (exact) mass is 961 g/mol. The molecular weight excluding hydrogens is 877 g/mol. The highest BCUT2D eigenvalue weighted by atomic mass is 16.8. The minimum atomic E-state index is -1.79. The third kappa shape index (κ3) is 9.26.